The number of likely N-dealkylation sites (tertiary alicyclic amines) is 1. The minimum atomic E-state index is -1.07. The molecule has 0 saturated carbocycles. The van der Waals surface area contributed by atoms with E-state index in [0.29, 0.717) is 26.1 Å². The maximum Gasteiger partial charge on any atom is 0.344 e. The van der Waals surface area contributed by atoms with Gasteiger partial charge in [0.15, 0.2) is 11.5 Å². The van der Waals surface area contributed by atoms with Crippen molar-refractivity contribution in [3.05, 3.63) is 59.7 Å². The molecule has 2 N–H and O–H groups in total. The summed E-state index contributed by atoms with van der Waals surface area (Å²) in [6.07, 6.45) is 2.93. The van der Waals surface area contributed by atoms with Gasteiger partial charge in [0.2, 0.25) is 0 Å². The Morgan fingerprint density at radius 2 is 1.89 bits per heavy atom. The summed E-state index contributed by atoms with van der Waals surface area (Å²) in [6.45, 7) is 3.58. The van der Waals surface area contributed by atoms with Crippen molar-refractivity contribution in [1.82, 2.24) is 20.7 Å². The molecule has 2 aromatic carbocycles. The fraction of sp³-hybridized carbons (Fsp3) is 0.423. The predicted octanol–water partition coefficient (Wildman–Crippen LogP) is 2.57. The van der Waals surface area contributed by atoms with Gasteiger partial charge in [-0.15, -0.1) is 0 Å². The predicted molar refractivity (Wildman–Crippen MR) is 128 cm³/mol. The van der Waals surface area contributed by atoms with Crippen LogP contribution in [0.2, 0.25) is 0 Å². The lowest BCUT2D eigenvalue weighted by molar-refractivity contribution is -0.139. The zero-order valence-electron chi connectivity index (χ0n) is 19.8. The fourth-order valence-electron chi connectivity index (χ4n) is 5.00. The van der Waals surface area contributed by atoms with E-state index < -0.39 is 23.4 Å². The number of nitrogens with one attached hydrogen (secondary N) is 2. The largest absolute Gasteiger partial charge is 0.486 e. The Bertz CT molecular complexity index is 1120. The van der Waals surface area contributed by atoms with Crippen LogP contribution in [0, 0.1) is 0 Å². The molecule has 2 aromatic rings. The van der Waals surface area contributed by atoms with Crippen molar-refractivity contribution in [1.29, 1.82) is 0 Å². The number of rotatable bonds is 7. The highest BCUT2D eigenvalue weighted by Gasteiger charge is 2.48. The second-order valence-electron chi connectivity index (χ2n) is 9.45. The van der Waals surface area contributed by atoms with E-state index in [1.165, 1.54) is 0 Å². The zero-order chi connectivity index (χ0) is 24.4. The van der Waals surface area contributed by atoms with Crippen molar-refractivity contribution in [2.45, 2.75) is 44.2 Å². The van der Waals surface area contributed by atoms with E-state index in [1.807, 2.05) is 48.5 Å². The summed E-state index contributed by atoms with van der Waals surface area (Å²) >= 11 is 0. The molecule has 2 fully saturated rings. The molecule has 35 heavy (non-hydrogen) atoms. The van der Waals surface area contributed by atoms with Crippen LogP contribution in [0.1, 0.15) is 43.4 Å². The smallest absolute Gasteiger partial charge is 0.344 e. The van der Waals surface area contributed by atoms with E-state index in [-0.39, 0.29) is 12.6 Å². The van der Waals surface area contributed by atoms with E-state index in [4.69, 9.17) is 9.47 Å². The third-order valence-corrected chi connectivity index (χ3v) is 6.92. The molecule has 3 heterocycles. The van der Waals surface area contributed by atoms with Crippen molar-refractivity contribution in [2.24, 2.45) is 0 Å². The van der Waals surface area contributed by atoms with Crippen LogP contribution in [0.15, 0.2) is 48.5 Å². The van der Waals surface area contributed by atoms with Gasteiger partial charge in [-0.2, -0.15) is 5.01 Å². The Hall–Kier alpha value is -3.59. The molecule has 3 aliphatic heterocycles. The summed E-state index contributed by atoms with van der Waals surface area (Å²) < 4.78 is 11.3. The van der Waals surface area contributed by atoms with Crippen molar-refractivity contribution in [2.75, 3.05) is 26.3 Å². The number of aryl methyl sites for hydroxylation is 1. The number of carbonyl (C=O) groups excluding carboxylic acids is 3. The highest BCUT2D eigenvalue weighted by molar-refractivity contribution is 6.07. The minimum absolute atomic E-state index is 0.0517. The minimum Gasteiger partial charge on any atom is -0.486 e. The van der Waals surface area contributed by atoms with Gasteiger partial charge in [0, 0.05) is 6.04 Å². The summed E-state index contributed by atoms with van der Waals surface area (Å²) in [5, 5.41) is 3.57. The Morgan fingerprint density at radius 3 is 2.69 bits per heavy atom. The summed E-state index contributed by atoms with van der Waals surface area (Å²) in [5.74, 6) is 0.608. The van der Waals surface area contributed by atoms with Gasteiger partial charge in [0.1, 0.15) is 18.8 Å². The number of benzene rings is 2. The molecule has 0 bridgehead atoms. The van der Waals surface area contributed by atoms with E-state index in [0.717, 1.165) is 47.0 Å². The van der Waals surface area contributed by atoms with E-state index >= 15 is 0 Å². The fourth-order valence-corrected chi connectivity index (χ4v) is 5.00. The van der Waals surface area contributed by atoms with Crippen LogP contribution in [0.5, 0.6) is 11.5 Å². The molecule has 3 aliphatic rings. The highest BCUT2D eigenvalue weighted by atomic mass is 16.6. The molecule has 5 rings (SSSR count). The zero-order valence-corrected chi connectivity index (χ0v) is 19.8. The first kappa shape index (κ1) is 23.2. The number of hydrazine groups is 1. The van der Waals surface area contributed by atoms with Gasteiger partial charge in [-0.05, 0) is 62.4 Å². The Labute approximate surface area is 204 Å². The van der Waals surface area contributed by atoms with E-state index in [2.05, 4.69) is 15.6 Å². The molecule has 0 radical (unpaired) electrons. The molecule has 2 saturated heterocycles. The lowest BCUT2D eigenvalue weighted by atomic mass is 9.93. The molecule has 0 aromatic heterocycles. The number of carbonyl (C=O) groups is 3. The van der Waals surface area contributed by atoms with Crippen LogP contribution >= 0.6 is 0 Å². The van der Waals surface area contributed by atoms with Crippen molar-refractivity contribution >= 4 is 17.8 Å². The number of nitrogens with zero attached hydrogens (tertiary/aromatic N) is 2. The number of imide groups is 1. The molecule has 2 atom stereocenters. The average Bonchev–Trinajstić information content (AvgIpc) is 3.41. The van der Waals surface area contributed by atoms with Gasteiger partial charge in [-0.25, -0.2) is 4.79 Å². The normalized spacial score (nSPS) is 23.9. The maximum atomic E-state index is 13.0. The Kier molecular flexibility index (Phi) is 6.34. The van der Waals surface area contributed by atoms with Gasteiger partial charge in [0.05, 0.1) is 6.54 Å². The molecule has 9 heteroatoms. The maximum absolute atomic E-state index is 13.0. The molecular formula is C26H30N4O5. The van der Waals surface area contributed by atoms with E-state index in [9.17, 15) is 14.4 Å². The van der Waals surface area contributed by atoms with Gasteiger partial charge in [0.25, 0.3) is 11.8 Å². The Morgan fingerprint density at radius 1 is 1.11 bits per heavy atom. The third kappa shape index (κ3) is 4.81. The number of fused-ring (bicyclic) bond motifs is 1. The molecule has 9 nitrogen and oxygen atoms in total. The monoisotopic (exact) mass is 478 g/mol. The number of ether oxygens (including phenoxy) is 2. The number of urea groups is 1. The van der Waals surface area contributed by atoms with Gasteiger partial charge in [-0.3, -0.25) is 19.9 Å². The van der Waals surface area contributed by atoms with Crippen LogP contribution in [0.25, 0.3) is 0 Å². The summed E-state index contributed by atoms with van der Waals surface area (Å²) in [4.78, 5) is 40.5. The second-order valence-corrected chi connectivity index (χ2v) is 9.45. The molecule has 0 unspecified atom stereocenters. The van der Waals surface area contributed by atoms with Gasteiger partial charge in [-0.1, -0.05) is 36.4 Å². The lowest BCUT2D eigenvalue weighted by Crippen LogP contribution is -2.51. The van der Waals surface area contributed by atoms with Crippen LogP contribution in [-0.2, 0) is 16.0 Å². The number of amides is 4. The third-order valence-electron chi connectivity index (χ3n) is 6.92. The summed E-state index contributed by atoms with van der Waals surface area (Å²) in [7, 11) is 0. The van der Waals surface area contributed by atoms with Gasteiger partial charge >= 0.3 is 6.03 Å². The first-order chi connectivity index (χ1) is 16.9. The van der Waals surface area contributed by atoms with Crippen LogP contribution in [0.4, 0.5) is 4.79 Å². The standard InChI is InChI=1S/C26H30N4O5/c1-26(12-11-18-6-3-2-4-7-18)24(32)30(25(33)27-26)28-23(31)17-29-13-5-8-20(29)19-9-10-21-22(16-19)35-15-14-34-21/h2-4,6-7,9-10,16,20H,5,8,11-15,17H2,1H3,(H,27,33)(H,28,31)/t20-,26+/m0/s1. The number of hydrogen-bond acceptors (Lipinski definition) is 6. The van der Waals surface area contributed by atoms with Crippen LogP contribution < -0.4 is 20.2 Å². The highest BCUT2D eigenvalue weighted by Crippen LogP contribution is 2.37. The molecule has 184 valence electrons. The summed E-state index contributed by atoms with van der Waals surface area (Å²) in [5.41, 5.74) is 3.60. The van der Waals surface area contributed by atoms with Crippen molar-refractivity contribution in [3.8, 4) is 11.5 Å². The first-order valence-electron chi connectivity index (χ1n) is 12.1. The first-order valence-corrected chi connectivity index (χ1v) is 12.1. The quantitative estimate of drug-likeness (QED) is 0.594. The molecule has 0 aliphatic carbocycles. The Balaban J connectivity index is 1.20. The molecule has 4 amide bonds. The number of hydrogen-bond donors (Lipinski definition) is 2. The summed E-state index contributed by atoms with van der Waals surface area (Å²) in [6, 6.07) is 15.1. The van der Waals surface area contributed by atoms with Gasteiger partial charge < -0.3 is 14.8 Å². The van der Waals surface area contributed by atoms with E-state index in [1.54, 1.807) is 6.92 Å². The van der Waals surface area contributed by atoms with Crippen molar-refractivity contribution in [3.63, 3.8) is 0 Å². The topological polar surface area (TPSA) is 100 Å². The molecular weight excluding hydrogens is 448 g/mol. The average molecular weight is 479 g/mol. The van der Waals surface area contributed by atoms with Crippen LogP contribution in [-0.4, -0.2) is 59.6 Å². The second kappa shape index (κ2) is 9.58. The van der Waals surface area contributed by atoms with Crippen LogP contribution in [0.3, 0.4) is 0 Å². The molecule has 0 spiro atoms. The lowest BCUT2D eigenvalue weighted by Gasteiger charge is -2.27. The SMILES string of the molecule is C[C@]1(CCc2ccccc2)NC(=O)N(NC(=O)CN2CCC[C@H]2c2ccc3c(c2)OCCO3)C1=O. The van der Waals surface area contributed by atoms with Crippen molar-refractivity contribution < 1.29 is 23.9 Å².